The number of carbonyl (C=O) groups is 1. The van der Waals surface area contributed by atoms with Crippen molar-refractivity contribution in [2.24, 2.45) is 0 Å². The number of aromatic nitrogens is 4. The molecule has 0 bridgehead atoms. The smallest absolute Gasteiger partial charge is 0.348 e. The fourth-order valence-electron chi connectivity index (χ4n) is 1.54. The lowest BCUT2D eigenvalue weighted by atomic mass is 10.3. The number of hydrogen-bond acceptors (Lipinski definition) is 5. The first-order chi connectivity index (χ1) is 8.84. The molecule has 18 heavy (non-hydrogen) atoms. The van der Waals surface area contributed by atoms with E-state index in [9.17, 15) is 4.79 Å². The van der Waals surface area contributed by atoms with Crippen molar-refractivity contribution in [3.05, 3.63) is 54.9 Å². The van der Waals surface area contributed by atoms with E-state index >= 15 is 0 Å². The van der Waals surface area contributed by atoms with Crippen LogP contribution in [0.1, 0.15) is 10.4 Å². The lowest BCUT2D eigenvalue weighted by molar-refractivity contribution is 0.0725. The van der Waals surface area contributed by atoms with Crippen LogP contribution < -0.4 is 4.74 Å². The monoisotopic (exact) mass is 240 g/mol. The van der Waals surface area contributed by atoms with E-state index in [-0.39, 0.29) is 0 Å². The largest absolute Gasteiger partial charge is 0.403 e. The number of fused-ring (bicyclic) bond motifs is 1. The maximum Gasteiger partial charge on any atom is 0.348 e. The van der Waals surface area contributed by atoms with E-state index in [1.165, 1.54) is 24.9 Å². The standard InChI is InChI=1S/C12H8N4O2/c17-12(9-5-13-8-14-6-9)18-11-7-15-10-3-1-2-4-16(10)11/h1-8H. The Hall–Kier alpha value is -2.76. The molecule has 0 radical (unpaired) electrons. The van der Waals surface area contributed by atoms with Crippen molar-refractivity contribution in [3.63, 3.8) is 0 Å². The summed E-state index contributed by atoms with van der Waals surface area (Å²) in [5.41, 5.74) is 1.01. The molecular formula is C12H8N4O2. The minimum absolute atomic E-state index is 0.295. The van der Waals surface area contributed by atoms with Crippen LogP contribution in [-0.2, 0) is 0 Å². The van der Waals surface area contributed by atoms with Gasteiger partial charge in [0.2, 0.25) is 5.88 Å². The number of carbonyl (C=O) groups excluding carboxylic acids is 1. The highest BCUT2D eigenvalue weighted by Gasteiger charge is 2.12. The Kier molecular flexibility index (Phi) is 2.45. The van der Waals surface area contributed by atoms with Gasteiger partial charge in [-0.1, -0.05) is 6.07 Å². The summed E-state index contributed by atoms with van der Waals surface area (Å²) in [5.74, 6) is -0.152. The molecule has 0 spiro atoms. The Morgan fingerprint density at radius 3 is 2.83 bits per heavy atom. The lowest BCUT2D eigenvalue weighted by Gasteiger charge is -2.02. The van der Waals surface area contributed by atoms with Gasteiger partial charge < -0.3 is 4.74 Å². The minimum Gasteiger partial charge on any atom is -0.403 e. The van der Waals surface area contributed by atoms with Crippen molar-refractivity contribution < 1.29 is 9.53 Å². The van der Waals surface area contributed by atoms with Crippen LogP contribution in [0.3, 0.4) is 0 Å². The molecule has 3 rings (SSSR count). The molecule has 0 unspecified atom stereocenters. The molecule has 0 aliphatic heterocycles. The van der Waals surface area contributed by atoms with Crippen molar-refractivity contribution in [1.29, 1.82) is 0 Å². The molecule has 0 fully saturated rings. The van der Waals surface area contributed by atoms with Crippen LogP contribution in [0.2, 0.25) is 0 Å². The van der Waals surface area contributed by atoms with E-state index in [1.807, 2.05) is 18.2 Å². The highest BCUT2D eigenvalue weighted by atomic mass is 16.5. The SMILES string of the molecule is O=C(Oc1cnc2ccccn12)c1cncnc1. The molecule has 0 aromatic carbocycles. The van der Waals surface area contributed by atoms with E-state index in [4.69, 9.17) is 4.74 Å². The van der Waals surface area contributed by atoms with Gasteiger partial charge in [0, 0.05) is 18.6 Å². The molecule has 88 valence electrons. The molecule has 0 saturated carbocycles. The lowest BCUT2D eigenvalue weighted by Crippen LogP contribution is -2.10. The van der Waals surface area contributed by atoms with Gasteiger partial charge in [-0.05, 0) is 12.1 Å². The number of nitrogens with zero attached hydrogens (tertiary/aromatic N) is 4. The average Bonchev–Trinajstić information content (AvgIpc) is 2.83. The Morgan fingerprint density at radius 1 is 1.17 bits per heavy atom. The second kappa shape index (κ2) is 4.25. The summed E-state index contributed by atoms with van der Waals surface area (Å²) >= 11 is 0. The zero-order valence-corrected chi connectivity index (χ0v) is 9.22. The maximum atomic E-state index is 11.8. The van der Waals surface area contributed by atoms with Crippen LogP contribution >= 0.6 is 0 Å². The minimum atomic E-state index is -0.513. The van der Waals surface area contributed by atoms with E-state index < -0.39 is 5.97 Å². The summed E-state index contributed by atoms with van der Waals surface area (Å²) in [6.07, 6.45) is 7.42. The van der Waals surface area contributed by atoms with Gasteiger partial charge in [0.05, 0.1) is 11.8 Å². The molecule has 0 atom stereocenters. The van der Waals surface area contributed by atoms with Gasteiger partial charge >= 0.3 is 5.97 Å². The second-order valence-electron chi connectivity index (χ2n) is 3.54. The first kappa shape index (κ1) is 10.4. The summed E-state index contributed by atoms with van der Waals surface area (Å²) in [5, 5.41) is 0. The molecule has 0 aliphatic carbocycles. The van der Waals surface area contributed by atoms with Gasteiger partial charge in [-0.15, -0.1) is 0 Å². The molecule has 3 aromatic rings. The Morgan fingerprint density at radius 2 is 2.00 bits per heavy atom. The van der Waals surface area contributed by atoms with Crippen LogP contribution in [0, 0.1) is 0 Å². The Bertz CT molecular complexity index is 693. The van der Waals surface area contributed by atoms with Gasteiger partial charge in [-0.25, -0.2) is 19.7 Å². The molecule has 3 aromatic heterocycles. The van der Waals surface area contributed by atoms with E-state index in [2.05, 4.69) is 15.0 Å². The van der Waals surface area contributed by atoms with Crippen molar-refractivity contribution in [2.45, 2.75) is 0 Å². The summed E-state index contributed by atoms with van der Waals surface area (Å²) in [6, 6.07) is 5.51. The van der Waals surface area contributed by atoms with Crippen molar-refractivity contribution in [1.82, 2.24) is 19.4 Å². The zero-order chi connectivity index (χ0) is 12.4. The van der Waals surface area contributed by atoms with Crippen molar-refractivity contribution in [3.8, 4) is 5.88 Å². The fraction of sp³-hybridized carbons (Fsp3) is 0. The number of rotatable bonds is 2. The van der Waals surface area contributed by atoms with Gasteiger partial charge in [0.25, 0.3) is 0 Å². The van der Waals surface area contributed by atoms with Crippen LogP contribution in [0.5, 0.6) is 5.88 Å². The van der Waals surface area contributed by atoms with Gasteiger partial charge in [0.15, 0.2) is 0 Å². The molecule has 0 saturated heterocycles. The quantitative estimate of drug-likeness (QED) is 0.632. The van der Waals surface area contributed by atoms with Crippen molar-refractivity contribution >= 4 is 11.6 Å². The molecular weight excluding hydrogens is 232 g/mol. The first-order valence-electron chi connectivity index (χ1n) is 5.24. The zero-order valence-electron chi connectivity index (χ0n) is 9.22. The van der Waals surface area contributed by atoms with E-state index in [0.717, 1.165) is 0 Å². The van der Waals surface area contributed by atoms with Crippen LogP contribution in [0.25, 0.3) is 5.65 Å². The normalized spacial score (nSPS) is 10.4. The number of hydrogen-bond donors (Lipinski definition) is 0. The first-order valence-corrected chi connectivity index (χ1v) is 5.24. The molecule has 6 heteroatoms. The Balaban J connectivity index is 1.91. The molecule has 6 nitrogen and oxygen atoms in total. The van der Waals surface area contributed by atoms with Gasteiger partial charge in [0.1, 0.15) is 12.0 Å². The molecule has 0 amide bonds. The Labute approximate surface area is 102 Å². The molecule has 0 aliphatic rings. The highest BCUT2D eigenvalue weighted by molar-refractivity contribution is 5.90. The van der Waals surface area contributed by atoms with Crippen LogP contribution in [0.15, 0.2) is 49.3 Å². The number of pyridine rings is 1. The highest BCUT2D eigenvalue weighted by Crippen LogP contribution is 2.14. The average molecular weight is 240 g/mol. The molecule has 3 heterocycles. The van der Waals surface area contributed by atoms with Gasteiger partial charge in [-0.2, -0.15) is 0 Å². The predicted molar refractivity (Wildman–Crippen MR) is 62.2 cm³/mol. The summed E-state index contributed by atoms with van der Waals surface area (Å²) in [7, 11) is 0. The fourth-order valence-corrected chi connectivity index (χ4v) is 1.54. The number of esters is 1. The third kappa shape index (κ3) is 1.80. The van der Waals surface area contributed by atoms with E-state index in [1.54, 1.807) is 10.6 Å². The number of ether oxygens (including phenoxy) is 1. The third-order valence-corrected chi connectivity index (χ3v) is 2.38. The number of imidazole rings is 1. The van der Waals surface area contributed by atoms with Crippen LogP contribution in [0.4, 0.5) is 0 Å². The van der Waals surface area contributed by atoms with Crippen LogP contribution in [-0.4, -0.2) is 25.3 Å². The topological polar surface area (TPSA) is 69.4 Å². The summed E-state index contributed by atoms with van der Waals surface area (Å²) in [6.45, 7) is 0. The summed E-state index contributed by atoms with van der Waals surface area (Å²) in [4.78, 5) is 23.5. The van der Waals surface area contributed by atoms with E-state index in [0.29, 0.717) is 17.1 Å². The second-order valence-corrected chi connectivity index (χ2v) is 3.54. The molecule has 0 N–H and O–H groups in total. The summed E-state index contributed by atoms with van der Waals surface area (Å²) < 4.78 is 6.92. The third-order valence-electron chi connectivity index (χ3n) is 2.38. The maximum absolute atomic E-state index is 11.8. The van der Waals surface area contributed by atoms with Gasteiger partial charge in [-0.3, -0.25) is 4.40 Å². The predicted octanol–water partition coefficient (Wildman–Crippen LogP) is 1.34. The van der Waals surface area contributed by atoms with Crippen molar-refractivity contribution in [2.75, 3.05) is 0 Å².